The Morgan fingerprint density at radius 2 is 1.84 bits per heavy atom. The average Bonchev–Trinajstić information content (AvgIpc) is 3.80. The zero-order valence-electron chi connectivity index (χ0n) is 24.7. The van der Waals surface area contributed by atoms with Gasteiger partial charge in [0, 0.05) is 37.7 Å². The quantitative estimate of drug-likeness (QED) is 0.313. The summed E-state index contributed by atoms with van der Waals surface area (Å²) in [6.07, 6.45) is 9.16. The molecule has 226 valence electrons. The lowest BCUT2D eigenvalue weighted by Gasteiger charge is -2.33. The molecule has 8 bridgehead atoms. The highest BCUT2D eigenvalue weighted by atomic mass is 19.3. The van der Waals surface area contributed by atoms with Crippen LogP contribution < -0.4 is 10.5 Å². The molecule has 0 unspecified atom stereocenters. The number of aryl methyl sites for hydroxylation is 1. The average molecular weight is 591 g/mol. The van der Waals surface area contributed by atoms with Gasteiger partial charge in [0.2, 0.25) is 0 Å². The van der Waals surface area contributed by atoms with Crippen molar-refractivity contribution in [2.24, 2.45) is 5.92 Å². The Balaban J connectivity index is 1.47. The molecule has 0 amide bonds. The van der Waals surface area contributed by atoms with Crippen LogP contribution in [0.4, 0.5) is 19.0 Å². The molecule has 2 fully saturated rings. The van der Waals surface area contributed by atoms with E-state index >= 15 is 13.2 Å². The SMILES string of the molecule is C[C@@H]1c2cccc(c2F)C(F)(F)CC2CCN(C/C=C/CCCn3c(=O)c(C4(C#N)CC4)cc4c(ncnc43)N1C)CC2. The molecule has 1 atom stereocenters. The van der Waals surface area contributed by atoms with Gasteiger partial charge in [0.15, 0.2) is 0 Å². The number of pyridine rings is 1. The van der Waals surface area contributed by atoms with Gasteiger partial charge < -0.3 is 4.90 Å². The van der Waals surface area contributed by atoms with E-state index in [0.29, 0.717) is 61.1 Å². The Morgan fingerprint density at radius 3 is 2.56 bits per heavy atom. The minimum absolute atomic E-state index is 0.141. The van der Waals surface area contributed by atoms with E-state index in [1.165, 1.54) is 24.5 Å². The largest absolute Gasteiger partial charge is 0.352 e. The van der Waals surface area contributed by atoms with E-state index in [1.54, 1.807) is 29.5 Å². The van der Waals surface area contributed by atoms with Gasteiger partial charge in [-0.25, -0.2) is 23.1 Å². The van der Waals surface area contributed by atoms with Gasteiger partial charge in [-0.3, -0.25) is 14.3 Å². The number of benzene rings is 1. The number of nitrogens with zero attached hydrogens (tertiary/aromatic N) is 6. The summed E-state index contributed by atoms with van der Waals surface area (Å²) >= 11 is 0. The number of halogens is 3. The lowest BCUT2D eigenvalue weighted by Crippen LogP contribution is -2.35. The third-order valence-corrected chi connectivity index (χ3v) is 9.66. The molecule has 0 spiro atoms. The van der Waals surface area contributed by atoms with Crippen molar-refractivity contribution in [3.05, 3.63) is 75.6 Å². The molecule has 7 rings (SSSR count). The summed E-state index contributed by atoms with van der Waals surface area (Å²) in [5.41, 5.74) is -0.638. The van der Waals surface area contributed by atoms with E-state index in [4.69, 9.17) is 0 Å². The molecule has 0 radical (unpaired) electrons. The summed E-state index contributed by atoms with van der Waals surface area (Å²) in [5, 5.41) is 10.5. The Morgan fingerprint density at radius 1 is 1.07 bits per heavy atom. The summed E-state index contributed by atoms with van der Waals surface area (Å²) < 4.78 is 48.9. The predicted octanol–water partition coefficient (Wildman–Crippen LogP) is 6.23. The smallest absolute Gasteiger partial charge is 0.276 e. The van der Waals surface area contributed by atoms with Crippen molar-refractivity contribution < 1.29 is 13.2 Å². The molecule has 1 aliphatic carbocycles. The van der Waals surface area contributed by atoms with Gasteiger partial charge in [-0.15, -0.1) is 0 Å². The van der Waals surface area contributed by atoms with Crippen LogP contribution in [-0.4, -0.2) is 46.1 Å². The third kappa shape index (κ3) is 5.44. The van der Waals surface area contributed by atoms with Crippen LogP contribution in [0.3, 0.4) is 0 Å². The number of fused-ring (bicyclic) bond motifs is 8. The Hall–Kier alpha value is -3.71. The van der Waals surface area contributed by atoms with Gasteiger partial charge in [0.25, 0.3) is 11.5 Å². The molecule has 1 aromatic carbocycles. The monoisotopic (exact) mass is 590 g/mol. The summed E-state index contributed by atoms with van der Waals surface area (Å²) in [4.78, 5) is 26.7. The lowest BCUT2D eigenvalue weighted by atomic mass is 9.87. The first-order valence-electron chi connectivity index (χ1n) is 15.2. The minimum Gasteiger partial charge on any atom is -0.352 e. The standard InChI is InChI=1S/C33H37F3N6O/c1-22-24-8-7-9-26(28(24)34)33(35,36)19-23-10-16-41(17-11-23)14-5-3-4-6-15-42-30-25(29(40(22)2)38-21-39-30)18-27(31(42)43)32(20-37)12-13-32/h3,5,7-9,18,21-23H,4,6,10-17,19H2,1-2H3/b5-3+/t22-/m1/s1. The van der Waals surface area contributed by atoms with Gasteiger partial charge in [-0.1, -0.05) is 30.4 Å². The molecule has 10 heteroatoms. The molecule has 1 saturated carbocycles. The Bertz CT molecular complexity index is 1650. The van der Waals surface area contributed by atoms with Crippen LogP contribution in [0.15, 0.2) is 47.5 Å². The maximum absolute atomic E-state index is 16.0. The molecule has 4 aliphatic rings. The molecule has 2 aromatic heterocycles. The second-order valence-electron chi connectivity index (χ2n) is 12.4. The normalized spacial score (nSPS) is 26.0. The number of hydrogen-bond acceptors (Lipinski definition) is 6. The number of piperidine rings is 1. The van der Waals surface area contributed by atoms with E-state index in [0.717, 1.165) is 26.1 Å². The van der Waals surface area contributed by atoms with Crippen molar-refractivity contribution in [3.63, 3.8) is 0 Å². The fraction of sp³-hybridized carbons (Fsp3) is 0.515. The highest BCUT2D eigenvalue weighted by Gasteiger charge is 2.47. The van der Waals surface area contributed by atoms with Gasteiger partial charge in [0.05, 0.1) is 28.5 Å². The van der Waals surface area contributed by atoms with Crippen LogP contribution in [0.5, 0.6) is 0 Å². The fourth-order valence-corrected chi connectivity index (χ4v) is 6.67. The topological polar surface area (TPSA) is 78.0 Å². The highest BCUT2D eigenvalue weighted by molar-refractivity contribution is 5.88. The van der Waals surface area contributed by atoms with Crippen molar-refractivity contribution in [2.75, 3.05) is 31.6 Å². The molecule has 0 N–H and O–H groups in total. The third-order valence-electron chi connectivity index (χ3n) is 9.66. The van der Waals surface area contributed by atoms with Gasteiger partial charge in [-0.05, 0) is 70.5 Å². The van der Waals surface area contributed by atoms with Crippen molar-refractivity contribution >= 4 is 16.9 Å². The van der Waals surface area contributed by atoms with Crippen molar-refractivity contribution in [3.8, 4) is 6.07 Å². The number of aromatic nitrogens is 3. The summed E-state index contributed by atoms with van der Waals surface area (Å²) in [7, 11) is 1.73. The number of allylic oxidation sites excluding steroid dienone is 1. The van der Waals surface area contributed by atoms with Crippen molar-refractivity contribution in [1.29, 1.82) is 5.26 Å². The maximum atomic E-state index is 16.0. The first-order valence-corrected chi connectivity index (χ1v) is 15.2. The van der Waals surface area contributed by atoms with Crippen LogP contribution in [0, 0.1) is 23.1 Å². The molecule has 7 nitrogen and oxygen atoms in total. The van der Waals surface area contributed by atoms with Crippen LogP contribution in [0.25, 0.3) is 11.0 Å². The second kappa shape index (κ2) is 11.4. The van der Waals surface area contributed by atoms with Gasteiger partial charge in [0.1, 0.15) is 23.6 Å². The Kier molecular flexibility index (Phi) is 7.80. The Labute approximate surface area is 249 Å². The van der Waals surface area contributed by atoms with Crippen LogP contribution >= 0.6 is 0 Å². The molecular weight excluding hydrogens is 553 g/mol. The fourth-order valence-electron chi connectivity index (χ4n) is 6.67. The lowest BCUT2D eigenvalue weighted by molar-refractivity contribution is -0.0397. The number of alkyl halides is 2. The predicted molar refractivity (Wildman–Crippen MR) is 160 cm³/mol. The zero-order valence-corrected chi connectivity index (χ0v) is 24.7. The number of rotatable bonds is 1. The van der Waals surface area contributed by atoms with Crippen molar-refractivity contribution in [2.45, 2.75) is 75.8 Å². The molecule has 1 saturated heterocycles. The van der Waals surface area contributed by atoms with Crippen LogP contribution in [0.1, 0.15) is 74.6 Å². The van der Waals surface area contributed by atoms with E-state index < -0.39 is 28.8 Å². The molecule has 3 aliphatic heterocycles. The van der Waals surface area contributed by atoms with E-state index in [2.05, 4.69) is 33.1 Å². The molecule has 5 heterocycles. The van der Waals surface area contributed by atoms with E-state index in [1.807, 2.05) is 0 Å². The van der Waals surface area contributed by atoms with Crippen LogP contribution in [0.2, 0.25) is 0 Å². The first-order chi connectivity index (χ1) is 20.6. The number of hydrogen-bond donors (Lipinski definition) is 0. The number of anilines is 1. The summed E-state index contributed by atoms with van der Waals surface area (Å²) in [6.45, 7) is 4.36. The molecular formula is C33H37F3N6O. The maximum Gasteiger partial charge on any atom is 0.276 e. The first kappa shape index (κ1) is 29.4. The number of nitriles is 1. The summed E-state index contributed by atoms with van der Waals surface area (Å²) in [5.74, 6) is -3.94. The highest BCUT2D eigenvalue weighted by Crippen LogP contribution is 2.47. The zero-order chi connectivity index (χ0) is 30.4. The second-order valence-corrected chi connectivity index (χ2v) is 12.4. The van der Waals surface area contributed by atoms with Crippen LogP contribution in [-0.2, 0) is 17.9 Å². The van der Waals surface area contributed by atoms with Gasteiger partial charge in [-0.2, -0.15) is 5.26 Å². The molecule has 3 aromatic rings. The van der Waals surface area contributed by atoms with E-state index in [9.17, 15) is 10.1 Å². The molecule has 43 heavy (non-hydrogen) atoms. The van der Waals surface area contributed by atoms with Crippen molar-refractivity contribution in [1.82, 2.24) is 19.4 Å². The van der Waals surface area contributed by atoms with E-state index in [-0.39, 0.29) is 23.5 Å². The minimum atomic E-state index is -3.30. The summed E-state index contributed by atoms with van der Waals surface area (Å²) in [6, 6.07) is 7.62. The van der Waals surface area contributed by atoms with Gasteiger partial charge >= 0.3 is 0 Å².